The fourth-order valence-corrected chi connectivity index (χ4v) is 8.68. The molecule has 0 fully saturated rings. The Morgan fingerprint density at radius 3 is 0.963 bits per heavy atom. The van der Waals surface area contributed by atoms with Gasteiger partial charge in [0, 0.05) is 0 Å². The summed E-state index contributed by atoms with van der Waals surface area (Å²) in [7, 11) is -1.21. The Bertz CT molecular complexity index is 256. The standard InChI is InChI=1S/C26H55P/c1-5-9-12-15-18-21-24-27(8-4,25-22-19-16-13-10-6-2)26-23-20-17-14-11-7-3/h8,27H,4-7,9-26H2,1-3H3. The second-order valence-electron chi connectivity index (χ2n) is 9.12. The van der Waals surface area contributed by atoms with Crippen molar-refractivity contribution in [2.75, 3.05) is 18.5 Å². The van der Waals surface area contributed by atoms with E-state index in [9.17, 15) is 0 Å². The van der Waals surface area contributed by atoms with Gasteiger partial charge >= 0.3 is 174 Å². The molecule has 0 rings (SSSR count). The Morgan fingerprint density at radius 2 is 0.704 bits per heavy atom. The van der Waals surface area contributed by atoms with Gasteiger partial charge in [0.25, 0.3) is 0 Å². The van der Waals surface area contributed by atoms with Gasteiger partial charge in [-0.25, -0.2) is 0 Å². The van der Waals surface area contributed by atoms with E-state index in [0.29, 0.717) is 0 Å². The Hall–Kier alpha value is 0.170. The molecule has 0 aromatic heterocycles. The summed E-state index contributed by atoms with van der Waals surface area (Å²) in [6, 6.07) is 0. The van der Waals surface area contributed by atoms with Crippen molar-refractivity contribution in [2.24, 2.45) is 0 Å². The predicted molar refractivity (Wildman–Crippen MR) is 133 cm³/mol. The van der Waals surface area contributed by atoms with Crippen LogP contribution in [-0.2, 0) is 0 Å². The van der Waals surface area contributed by atoms with Gasteiger partial charge in [-0.2, -0.15) is 0 Å². The average Bonchev–Trinajstić information content (AvgIpc) is 2.69. The summed E-state index contributed by atoms with van der Waals surface area (Å²) in [5.41, 5.74) is 0. The zero-order valence-electron chi connectivity index (χ0n) is 19.6. The summed E-state index contributed by atoms with van der Waals surface area (Å²) in [4.78, 5) is 0. The molecule has 164 valence electrons. The predicted octanol–water partition coefficient (Wildman–Crippen LogP) is 9.96. The molecule has 0 aromatic carbocycles. The summed E-state index contributed by atoms with van der Waals surface area (Å²) >= 11 is 0. The van der Waals surface area contributed by atoms with Gasteiger partial charge in [-0.15, -0.1) is 0 Å². The van der Waals surface area contributed by atoms with Crippen molar-refractivity contribution >= 4 is 7.26 Å². The zero-order valence-corrected chi connectivity index (χ0v) is 20.6. The Kier molecular flexibility index (Phi) is 21.0. The number of hydrogen-bond acceptors (Lipinski definition) is 0. The minimum atomic E-state index is -1.21. The van der Waals surface area contributed by atoms with Gasteiger partial charge in [-0.3, -0.25) is 0 Å². The molecule has 0 heterocycles. The quantitative estimate of drug-likeness (QED) is 0.126. The summed E-state index contributed by atoms with van der Waals surface area (Å²) in [6.45, 7) is 11.3. The van der Waals surface area contributed by atoms with Crippen LogP contribution < -0.4 is 0 Å². The van der Waals surface area contributed by atoms with Crippen LogP contribution in [0.25, 0.3) is 0 Å². The van der Waals surface area contributed by atoms with E-state index in [-0.39, 0.29) is 0 Å². The normalized spacial score (nSPS) is 12.4. The SMILES string of the molecule is C=C[PH](CCCCCCCC)(CCCCCCCC)CCCCCCCC. The Morgan fingerprint density at radius 1 is 0.444 bits per heavy atom. The molecule has 0 N–H and O–H groups in total. The molecule has 0 aliphatic heterocycles. The molecule has 0 saturated carbocycles. The summed E-state index contributed by atoms with van der Waals surface area (Å²) in [5, 5.41) is 0. The van der Waals surface area contributed by atoms with E-state index in [1.54, 1.807) is 0 Å². The summed E-state index contributed by atoms with van der Waals surface area (Å²) in [6.07, 6.45) is 30.6. The fourth-order valence-electron chi connectivity index (χ4n) is 4.45. The molecular formula is C26H55P. The first kappa shape index (κ1) is 27.2. The van der Waals surface area contributed by atoms with Crippen molar-refractivity contribution in [1.82, 2.24) is 0 Å². The van der Waals surface area contributed by atoms with Gasteiger partial charge in [0.15, 0.2) is 0 Å². The molecule has 0 unspecified atom stereocenters. The van der Waals surface area contributed by atoms with Crippen LogP contribution in [0.1, 0.15) is 136 Å². The van der Waals surface area contributed by atoms with Gasteiger partial charge in [0.1, 0.15) is 0 Å². The van der Waals surface area contributed by atoms with Crippen LogP contribution in [-0.4, -0.2) is 18.5 Å². The average molecular weight is 399 g/mol. The van der Waals surface area contributed by atoms with Gasteiger partial charge in [0.2, 0.25) is 0 Å². The molecule has 0 nitrogen and oxygen atoms in total. The molecule has 0 saturated heterocycles. The first-order valence-corrected chi connectivity index (χ1v) is 15.6. The van der Waals surface area contributed by atoms with Crippen LogP contribution in [0.15, 0.2) is 12.4 Å². The monoisotopic (exact) mass is 398 g/mol. The maximum atomic E-state index is 4.38. The first-order valence-electron chi connectivity index (χ1n) is 12.9. The van der Waals surface area contributed by atoms with E-state index in [0.717, 1.165) is 0 Å². The first-order chi connectivity index (χ1) is 13.2. The third-order valence-electron chi connectivity index (χ3n) is 6.52. The van der Waals surface area contributed by atoms with Crippen LogP contribution in [0.2, 0.25) is 0 Å². The van der Waals surface area contributed by atoms with Crippen molar-refractivity contribution < 1.29 is 0 Å². The van der Waals surface area contributed by atoms with Gasteiger partial charge in [-0.1, -0.05) is 0 Å². The Balaban J connectivity index is 4.25. The molecule has 0 radical (unpaired) electrons. The second kappa shape index (κ2) is 20.9. The molecule has 1 heteroatoms. The summed E-state index contributed by atoms with van der Waals surface area (Å²) < 4.78 is 0. The van der Waals surface area contributed by atoms with Crippen LogP contribution in [0.4, 0.5) is 0 Å². The van der Waals surface area contributed by atoms with E-state index in [2.05, 4.69) is 33.2 Å². The van der Waals surface area contributed by atoms with Gasteiger partial charge in [-0.05, 0) is 0 Å². The summed E-state index contributed by atoms with van der Waals surface area (Å²) in [5.74, 6) is 2.51. The zero-order chi connectivity index (χ0) is 20.1. The molecule has 0 atom stereocenters. The van der Waals surface area contributed by atoms with Crippen LogP contribution in [0.5, 0.6) is 0 Å². The van der Waals surface area contributed by atoms with Crippen LogP contribution in [0.3, 0.4) is 0 Å². The molecule has 0 aromatic rings. The number of hydrogen-bond donors (Lipinski definition) is 0. The molecule has 27 heavy (non-hydrogen) atoms. The molecular weight excluding hydrogens is 343 g/mol. The molecule has 0 aliphatic rings. The van der Waals surface area contributed by atoms with Crippen molar-refractivity contribution in [3.8, 4) is 0 Å². The third kappa shape index (κ3) is 16.8. The number of unbranched alkanes of at least 4 members (excludes halogenated alkanes) is 15. The maximum absolute atomic E-state index is 4.38. The van der Waals surface area contributed by atoms with Crippen molar-refractivity contribution in [2.45, 2.75) is 136 Å². The van der Waals surface area contributed by atoms with Gasteiger partial charge < -0.3 is 0 Å². The molecule has 0 aliphatic carbocycles. The van der Waals surface area contributed by atoms with Crippen molar-refractivity contribution in [3.63, 3.8) is 0 Å². The molecule has 0 bridgehead atoms. The van der Waals surface area contributed by atoms with Gasteiger partial charge in [0.05, 0.1) is 0 Å². The molecule has 0 amide bonds. The van der Waals surface area contributed by atoms with Crippen LogP contribution in [0, 0.1) is 0 Å². The van der Waals surface area contributed by atoms with E-state index in [1.165, 1.54) is 134 Å². The van der Waals surface area contributed by atoms with E-state index in [1.807, 2.05) is 0 Å². The minimum absolute atomic E-state index is 1.21. The fraction of sp³-hybridized carbons (Fsp3) is 0.923. The van der Waals surface area contributed by atoms with Crippen LogP contribution >= 0.6 is 7.26 Å². The topological polar surface area (TPSA) is 0 Å². The van der Waals surface area contributed by atoms with E-state index in [4.69, 9.17) is 0 Å². The van der Waals surface area contributed by atoms with Crippen molar-refractivity contribution in [1.29, 1.82) is 0 Å². The van der Waals surface area contributed by atoms with Crippen molar-refractivity contribution in [3.05, 3.63) is 12.4 Å². The van der Waals surface area contributed by atoms with E-state index >= 15 is 0 Å². The Labute approximate surface area is 174 Å². The molecule has 0 spiro atoms. The second-order valence-corrected chi connectivity index (χ2v) is 13.8. The van der Waals surface area contributed by atoms with E-state index < -0.39 is 7.26 Å². The third-order valence-corrected chi connectivity index (χ3v) is 11.4. The number of rotatable bonds is 22.